The molecule has 0 aliphatic heterocycles. The largest absolute Gasteiger partial charge is 0.419 e. The molecule has 0 amide bonds. The quantitative estimate of drug-likeness (QED) is 0.579. The molecule has 0 saturated heterocycles. The third kappa shape index (κ3) is 4.82. The molecule has 0 atom stereocenters. The molecule has 20 heavy (non-hydrogen) atoms. The lowest BCUT2D eigenvalue weighted by Gasteiger charge is -2.10. The van der Waals surface area contributed by atoms with Crippen molar-refractivity contribution in [3.05, 3.63) is 35.1 Å². The van der Waals surface area contributed by atoms with Gasteiger partial charge in [0.1, 0.15) is 5.82 Å². The van der Waals surface area contributed by atoms with Crippen LogP contribution in [0, 0.1) is 5.82 Å². The summed E-state index contributed by atoms with van der Waals surface area (Å²) in [5, 5.41) is 0. The average Bonchev–Trinajstić information content (AvgIpc) is 2.26. The lowest BCUT2D eigenvalue weighted by atomic mass is 10.0. The number of ketones is 1. The van der Waals surface area contributed by atoms with Crippen molar-refractivity contribution in [3.63, 3.8) is 0 Å². The number of rotatable bonds is 4. The number of halogens is 7. The van der Waals surface area contributed by atoms with Gasteiger partial charge in [-0.05, 0) is 24.6 Å². The first-order chi connectivity index (χ1) is 9.00. The van der Waals surface area contributed by atoms with Gasteiger partial charge in [0.25, 0.3) is 0 Å². The van der Waals surface area contributed by atoms with Gasteiger partial charge in [-0.25, -0.2) is 4.39 Å². The van der Waals surface area contributed by atoms with Crippen LogP contribution in [0.5, 0.6) is 0 Å². The summed E-state index contributed by atoms with van der Waals surface area (Å²) < 4.78 is 85.8. The number of alkyl halides is 6. The van der Waals surface area contributed by atoms with Crippen molar-refractivity contribution >= 4 is 5.78 Å². The second-order valence-corrected chi connectivity index (χ2v) is 4.08. The third-order valence-electron chi connectivity index (χ3n) is 2.46. The molecule has 0 aromatic heterocycles. The molecule has 0 aliphatic rings. The Morgan fingerprint density at radius 1 is 1.05 bits per heavy atom. The number of hydrogen-bond acceptors (Lipinski definition) is 1. The first-order valence-corrected chi connectivity index (χ1v) is 5.47. The predicted molar refractivity (Wildman–Crippen MR) is 55.6 cm³/mol. The topological polar surface area (TPSA) is 17.1 Å². The van der Waals surface area contributed by atoms with E-state index >= 15 is 0 Å². The molecule has 0 radical (unpaired) electrons. The maximum Gasteiger partial charge on any atom is 0.419 e. The van der Waals surface area contributed by atoms with E-state index in [0.29, 0.717) is 12.1 Å². The van der Waals surface area contributed by atoms with Crippen molar-refractivity contribution in [1.82, 2.24) is 0 Å². The van der Waals surface area contributed by atoms with Crippen LogP contribution in [0.1, 0.15) is 35.2 Å². The highest BCUT2D eigenvalue weighted by Gasteiger charge is 2.34. The van der Waals surface area contributed by atoms with E-state index in [0.717, 1.165) is 6.07 Å². The van der Waals surface area contributed by atoms with E-state index in [1.807, 2.05) is 0 Å². The van der Waals surface area contributed by atoms with Crippen LogP contribution in [0.15, 0.2) is 18.2 Å². The van der Waals surface area contributed by atoms with Crippen molar-refractivity contribution in [1.29, 1.82) is 0 Å². The zero-order valence-electron chi connectivity index (χ0n) is 9.91. The summed E-state index contributed by atoms with van der Waals surface area (Å²) in [6, 6.07) is 1.60. The second-order valence-electron chi connectivity index (χ2n) is 4.08. The molecule has 0 fully saturated rings. The van der Waals surface area contributed by atoms with E-state index < -0.39 is 54.3 Å². The number of carbonyl (C=O) groups is 1. The van der Waals surface area contributed by atoms with Gasteiger partial charge in [0.15, 0.2) is 5.78 Å². The number of Topliss-reactive ketones (excluding diaryl/α,β-unsaturated/α-hetero) is 1. The number of carbonyl (C=O) groups excluding carboxylic acids is 1. The van der Waals surface area contributed by atoms with E-state index in [9.17, 15) is 35.5 Å². The van der Waals surface area contributed by atoms with Crippen LogP contribution in [0.3, 0.4) is 0 Å². The number of hydrogen-bond donors (Lipinski definition) is 0. The van der Waals surface area contributed by atoms with Crippen LogP contribution >= 0.6 is 0 Å². The van der Waals surface area contributed by atoms with Crippen LogP contribution in [-0.2, 0) is 6.18 Å². The molecular weight excluding hydrogens is 293 g/mol. The summed E-state index contributed by atoms with van der Waals surface area (Å²) in [6.45, 7) is 0. The summed E-state index contributed by atoms with van der Waals surface area (Å²) in [5.74, 6) is -2.43. The Kier molecular flexibility index (Phi) is 4.77. The van der Waals surface area contributed by atoms with Crippen molar-refractivity contribution in [2.75, 3.05) is 0 Å². The minimum absolute atomic E-state index is 0.311. The Balaban J connectivity index is 2.80. The van der Waals surface area contributed by atoms with Crippen LogP contribution in [0.25, 0.3) is 0 Å². The van der Waals surface area contributed by atoms with Gasteiger partial charge in [-0.1, -0.05) is 0 Å². The predicted octanol–water partition coefficient (Wildman–Crippen LogP) is 4.76. The summed E-state index contributed by atoms with van der Waals surface area (Å²) in [6.07, 6.45) is -11.7. The van der Waals surface area contributed by atoms with E-state index in [4.69, 9.17) is 0 Å². The number of benzene rings is 1. The van der Waals surface area contributed by atoms with Crippen molar-refractivity contribution in [2.45, 2.75) is 31.6 Å². The molecule has 1 aromatic carbocycles. The van der Waals surface area contributed by atoms with Gasteiger partial charge in [0.2, 0.25) is 0 Å². The molecule has 0 saturated carbocycles. The second kappa shape index (κ2) is 5.80. The zero-order chi connectivity index (χ0) is 15.6. The molecule has 1 aromatic rings. The minimum atomic E-state index is -4.97. The SMILES string of the molecule is O=C(CCCC(F)(F)F)c1ccc(F)c(C(F)(F)F)c1. The standard InChI is InChI=1S/C12H9F7O/c13-9-4-3-7(6-8(9)12(17,18)19)10(20)2-1-5-11(14,15)16/h3-4,6H,1-2,5H2. The Morgan fingerprint density at radius 3 is 2.15 bits per heavy atom. The molecule has 0 bridgehead atoms. The molecule has 0 unspecified atom stereocenters. The van der Waals surface area contributed by atoms with E-state index in [1.54, 1.807) is 0 Å². The van der Waals surface area contributed by atoms with E-state index in [2.05, 4.69) is 0 Å². The Bertz CT molecular complexity index is 488. The van der Waals surface area contributed by atoms with Crippen LogP contribution in [0.2, 0.25) is 0 Å². The highest BCUT2D eigenvalue weighted by atomic mass is 19.4. The highest BCUT2D eigenvalue weighted by Crippen LogP contribution is 2.32. The summed E-state index contributed by atoms with van der Waals surface area (Å²) in [5.41, 5.74) is -2.07. The maximum absolute atomic E-state index is 13.0. The molecule has 8 heteroatoms. The van der Waals surface area contributed by atoms with Gasteiger partial charge in [-0.15, -0.1) is 0 Å². The minimum Gasteiger partial charge on any atom is -0.294 e. The van der Waals surface area contributed by atoms with Gasteiger partial charge in [-0.2, -0.15) is 26.3 Å². The Labute approximate surface area is 109 Å². The maximum atomic E-state index is 13.0. The van der Waals surface area contributed by atoms with Gasteiger partial charge in [0.05, 0.1) is 5.56 Å². The van der Waals surface area contributed by atoms with Crippen molar-refractivity contribution in [3.8, 4) is 0 Å². The lowest BCUT2D eigenvalue weighted by Crippen LogP contribution is -2.11. The molecule has 0 aliphatic carbocycles. The fourth-order valence-corrected chi connectivity index (χ4v) is 1.51. The summed E-state index contributed by atoms with van der Waals surface area (Å²) in [4.78, 5) is 11.5. The lowest BCUT2D eigenvalue weighted by molar-refractivity contribution is -0.140. The fraction of sp³-hybridized carbons (Fsp3) is 0.417. The molecular formula is C12H9F7O. The Hall–Kier alpha value is -1.60. The Morgan fingerprint density at radius 2 is 1.65 bits per heavy atom. The normalized spacial score (nSPS) is 12.6. The van der Waals surface area contributed by atoms with Crippen molar-refractivity contribution < 1.29 is 35.5 Å². The monoisotopic (exact) mass is 302 g/mol. The fourth-order valence-electron chi connectivity index (χ4n) is 1.51. The summed E-state index contributed by atoms with van der Waals surface area (Å²) >= 11 is 0. The molecule has 1 rings (SSSR count). The van der Waals surface area contributed by atoms with Gasteiger partial charge in [0, 0.05) is 18.4 Å². The molecule has 0 heterocycles. The van der Waals surface area contributed by atoms with Gasteiger partial charge in [-0.3, -0.25) is 4.79 Å². The zero-order valence-corrected chi connectivity index (χ0v) is 9.91. The molecule has 0 N–H and O–H groups in total. The average molecular weight is 302 g/mol. The van der Waals surface area contributed by atoms with Crippen molar-refractivity contribution in [2.24, 2.45) is 0 Å². The van der Waals surface area contributed by atoms with Gasteiger partial charge >= 0.3 is 12.4 Å². The van der Waals surface area contributed by atoms with Crippen LogP contribution < -0.4 is 0 Å². The van der Waals surface area contributed by atoms with Crippen LogP contribution in [0.4, 0.5) is 30.7 Å². The van der Waals surface area contributed by atoms with E-state index in [1.165, 1.54) is 0 Å². The third-order valence-corrected chi connectivity index (χ3v) is 2.46. The first kappa shape index (κ1) is 16.5. The summed E-state index contributed by atoms with van der Waals surface area (Å²) in [7, 11) is 0. The molecule has 1 nitrogen and oxygen atoms in total. The molecule has 112 valence electrons. The van der Waals surface area contributed by atoms with Crippen LogP contribution in [-0.4, -0.2) is 12.0 Å². The van der Waals surface area contributed by atoms with E-state index in [-0.39, 0.29) is 0 Å². The molecule has 0 spiro atoms. The first-order valence-electron chi connectivity index (χ1n) is 5.47. The van der Waals surface area contributed by atoms with Gasteiger partial charge < -0.3 is 0 Å². The smallest absolute Gasteiger partial charge is 0.294 e. The highest BCUT2D eigenvalue weighted by molar-refractivity contribution is 5.96.